The van der Waals surface area contributed by atoms with Crippen LogP contribution in [0.15, 0.2) is 12.1 Å². The normalized spacial score (nSPS) is 22.6. The number of carbonyl (C=O) groups excluding carboxylic acids is 1. The van der Waals surface area contributed by atoms with Crippen LogP contribution in [0.3, 0.4) is 0 Å². The summed E-state index contributed by atoms with van der Waals surface area (Å²) in [5.41, 5.74) is 0.481. The van der Waals surface area contributed by atoms with E-state index in [1.807, 2.05) is 0 Å². The van der Waals surface area contributed by atoms with Gasteiger partial charge < -0.3 is 0 Å². The first-order chi connectivity index (χ1) is 13.9. The van der Waals surface area contributed by atoms with Gasteiger partial charge in [-0.1, -0.05) is 0 Å². The third kappa shape index (κ3) is 6.35. The number of aliphatic carboxylic acids is 1. The second-order valence-corrected chi connectivity index (χ2v) is 10.1. The number of hydrogen-bond donors (Lipinski definition) is 2. The second kappa shape index (κ2) is 10.7. The minimum absolute atomic E-state index is 0.0292. The molecular formula is C20H26AsClNO6. The third-order valence-corrected chi connectivity index (χ3v) is 7.88. The molecule has 3 rings (SSSR count). The molecular weight excluding hydrogens is 461 g/mol. The first-order valence-electron chi connectivity index (χ1n) is 9.87. The Hall–Kier alpha value is -1.27. The van der Waals surface area contributed by atoms with Crippen molar-refractivity contribution in [3.63, 3.8) is 0 Å². The summed E-state index contributed by atoms with van der Waals surface area (Å²) in [4.78, 5) is 25.6. The molecule has 2 N–H and O–H groups in total. The van der Waals surface area contributed by atoms with E-state index < -0.39 is 27.8 Å². The summed E-state index contributed by atoms with van der Waals surface area (Å²) in [7, 11) is 0. The molecule has 0 aromatic heterocycles. The predicted molar refractivity (Wildman–Crippen MR) is 109 cm³/mol. The number of aliphatic hydroxyl groups excluding tert-OH is 1. The number of piperidine rings is 1. The fourth-order valence-electron chi connectivity index (χ4n) is 3.60. The molecule has 2 unspecified atom stereocenters. The molecule has 0 spiro atoms. The molecule has 159 valence electrons. The summed E-state index contributed by atoms with van der Waals surface area (Å²) >= 11 is 5.50. The number of β-amino-alcohol motifs (C(OH)–C–C–N with tert-alkyl or cyclic N) is 1. The molecule has 1 radical (unpaired) electrons. The number of ether oxygens (including phenoxy) is 2. The van der Waals surface area contributed by atoms with Crippen LogP contribution in [-0.4, -0.2) is 80.4 Å². The van der Waals surface area contributed by atoms with Gasteiger partial charge in [-0.2, -0.15) is 0 Å². The first-order valence-corrected chi connectivity index (χ1v) is 12.5. The van der Waals surface area contributed by atoms with Crippen LogP contribution in [-0.2, 0) is 4.79 Å². The molecule has 2 aliphatic heterocycles. The van der Waals surface area contributed by atoms with Crippen LogP contribution in [0.25, 0.3) is 0 Å². The van der Waals surface area contributed by atoms with Crippen LogP contribution < -0.4 is 9.47 Å². The van der Waals surface area contributed by atoms with Gasteiger partial charge in [0.1, 0.15) is 0 Å². The van der Waals surface area contributed by atoms with Gasteiger partial charge in [-0.25, -0.2) is 0 Å². The topological polar surface area (TPSA) is 96.3 Å². The van der Waals surface area contributed by atoms with Crippen molar-refractivity contribution >= 4 is 37.9 Å². The van der Waals surface area contributed by atoms with Crippen molar-refractivity contribution in [1.29, 1.82) is 0 Å². The Morgan fingerprint density at radius 3 is 2.83 bits per heavy atom. The van der Waals surface area contributed by atoms with Crippen molar-refractivity contribution in [1.82, 2.24) is 4.90 Å². The molecule has 2 aliphatic rings. The first kappa shape index (κ1) is 22.4. The summed E-state index contributed by atoms with van der Waals surface area (Å²) in [6, 6.07) is 3.33. The second-order valence-electron chi connectivity index (χ2n) is 7.39. The van der Waals surface area contributed by atoms with Gasteiger partial charge >= 0.3 is 182 Å². The van der Waals surface area contributed by atoms with Gasteiger partial charge in [0.2, 0.25) is 0 Å². The zero-order valence-electron chi connectivity index (χ0n) is 16.2. The maximum absolute atomic E-state index is 12.9. The Bertz CT molecular complexity index is 746. The summed E-state index contributed by atoms with van der Waals surface area (Å²) in [6.07, 6.45) is 1.80. The molecule has 2 heterocycles. The van der Waals surface area contributed by atoms with Crippen molar-refractivity contribution in [3.05, 3.63) is 22.7 Å². The van der Waals surface area contributed by atoms with Gasteiger partial charge in [0.25, 0.3) is 0 Å². The van der Waals surface area contributed by atoms with Gasteiger partial charge in [0, 0.05) is 0 Å². The van der Waals surface area contributed by atoms with Crippen LogP contribution in [0.1, 0.15) is 36.0 Å². The number of carboxylic acid groups (broad SMARTS) is 1. The van der Waals surface area contributed by atoms with E-state index in [2.05, 4.69) is 4.90 Å². The molecule has 0 aliphatic carbocycles. The van der Waals surface area contributed by atoms with E-state index in [0.29, 0.717) is 60.0 Å². The number of fused-ring (bicyclic) bond motifs is 1. The number of carboxylic acids is 1. The average molecular weight is 487 g/mol. The Labute approximate surface area is 182 Å². The zero-order chi connectivity index (χ0) is 20.8. The fourth-order valence-corrected chi connectivity index (χ4v) is 6.25. The van der Waals surface area contributed by atoms with Crippen molar-refractivity contribution in [2.45, 2.75) is 37.0 Å². The number of rotatable bonds is 8. The fraction of sp³-hybridized carbons (Fsp3) is 0.600. The van der Waals surface area contributed by atoms with Crippen LogP contribution in [0.2, 0.25) is 10.2 Å². The summed E-state index contributed by atoms with van der Waals surface area (Å²) in [5.74, 6) is 0.302. The molecule has 0 saturated carbocycles. The number of halogens is 1. The number of aliphatic hydroxyl groups is 1. The van der Waals surface area contributed by atoms with E-state index >= 15 is 0 Å². The van der Waals surface area contributed by atoms with E-state index in [-0.39, 0.29) is 16.9 Å². The summed E-state index contributed by atoms with van der Waals surface area (Å²) < 4.78 is 11.4. The quantitative estimate of drug-likeness (QED) is 0.544. The molecule has 29 heavy (non-hydrogen) atoms. The number of benzene rings is 1. The van der Waals surface area contributed by atoms with E-state index in [0.717, 1.165) is 19.4 Å². The molecule has 1 fully saturated rings. The van der Waals surface area contributed by atoms with Gasteiger partial charge in [0.05, 0.1) is 0 Å². The van der Waals surface area contributed by atoms with Crippen molar-refractivity contribution in [2.24, 2.45) is 5.92 Å². The number of hydrogen-bond acceptors (Lipinski definition) is 6. The van der Waals surface area contributed by atoms with Crippen LogP contribution >= 0.6 is 11.6 Å². The number of carbonyl (C=O) groups is 2. The Kier molecular flexibility index (Phi) is 8.24. The van der Waals surface area contributed by atoms with Gasteiger partial charge in [-0.3, -0.25) is 0 Å². The maximum atomic E-state index is 12.9. The van der Waals surface area contributed by atoms with E-state index in [1.165, 1.54) is 0 Å². The van der Waals surface area contributed by atoms with Crippen LogP contribution in [0.5, 0.6) is 11.5 Å². The van der Waals surface area contributed by atoms with Crippen LogP contribution in [0.4, 0.5) is 0 Å². The van der Waals surface area contributed by atoms with Crippen molar-refractivity contribution in [3.8, 4) is 11.5 Å². The standard InChI is InChI=1S/C20H26AsClNO6/c22-14-9-15(19-17(10-14)28-7-2-8-29-19)20(27)21-11-13-4-6-23(12-16(13)24)5-1-3-18(25)26/h9-10,13,16,24H,1-8,11-12H2,(H,25,26). The molecule has 0 bridgehead atoms. The van der Waals surface area contributed by atoms with Crippen molar-refractivity contribution in [2.75, 3.05) is 32.8 Å². The van der Waals surface area contributed by atoms with Crippen LogP contribution in [0, 0.1) is 5.92 Å². The zero-order valence-corrected chi connectivity index (χ0v) is 18.8. The Morgan fingerprint density at radius 1 is 1.28 bits per heavy atom. The number of nitrogens with zero attached hydrogens (tertiary/aromatic N) is 1. The monoisotopic (exact) mass is 486 g/mol. The average Bonchev–Trinajstić information content (AvgIpc) is 2.91. The molecule has 7 nitrogen and oxygen atoms in total. The Morgan fingerprint density at radius 2 is 2.07 bits per heavy atom. The SMILES string of the molecule is O=C(O)CCCN1CCC(C[As]C(=O)c2cc(Cl)cc3c2OCCCO3)C(O)C1. The van der Waals surface area contributed by atoms with Gasteiger partial charge in [0.15, 0.2) is 0 Å². The van der Waals surface area contributed by atoms with E-state index in [9.17, 15) is 14.7 Å². The van der Waals surface area contributed by atoms with Gasteiger partial charge in [-0.15, -0.1) is 0 Å². The van der Waals surface area contributed by atoms with E-state index in [1.54, 1.807) is 12.1 Å². The van der Waals surface area contributed by atoms with E-state index in [4.69, 9.17) is 26.2 Å². The van der Waals surface area contributed by atoms with Crippen molar-refractivity contribution < 1.29 is 29.3 Å². The Balaban J connectivity index is 1.54. The molecule has 1 aromatic rings. The molecule has 9 heteroatoms. The minimum atomic E-state index is -0.795. The van der Waals surface area contributed by atoms with Gasteiger partial charge in [-0.05, 0) is 0 Å². The summed E-state index contributed by atoms with van der Waals surface area (Å²) in [5, 5.41) is 20.4. The molecule has 1 aromatic carbocycles. The summed E-state index contributed by atoms with van der Waals surface area (Å²) in [6.45, 7) is 3.06. The molecule has 2 atom stereocenters. The molecule has 0 amide bonds. The predicted octanol–water partition coefficient (Wildman–Crippen LogP) is 2.31. The number of likely N-dealkylation sites (tertiary alicyclic amines) is 1. The third-order valence-electron chi connectivity index (χ3n) is 5.18. The molecule has 1 saturated heterocycles.